The maximum Gasteiger partial charge on any atom is 0.256 e. The van der Waals surface area contributed by atoms with E-state index in [1.54, 1.807) is 5.82 Å². The van der Waals surface area contributed by atoms with Crippen molar-refractivity contribution in [3.63, 3.8) is 0 Å². The molecule has 0 atom stereocenters. The minimum Gasteiger partial charge on any atom is -0.234 e. The molecule has 0 aliphatic carbocycles. The summed E-state index contributed by atoms with van der Waals surface area (Å²) in [5.41, 5.74) is 0. The number of imidazole rings is 1. The minimum atomic E-state index is 1.23. The van der Waals surface area contributed by atoms with Crippen molar-refractivity contribution < 1.29 is 4.57 Å². The fourth-order valence-corrected chi connectivity index (χ4v) is 7.56. The molecule has 0 bridgehead atoms. The van der Waals surface area contributed by atoms with E-state index >= 15 is 0 Å². The van der Waals surface area contributed by atoms with E-state index in [0.29, 0.717) is 0 Å². The lowest BCUT2D eigenvalue weighted by atomic mass is 10.0. The first-order valence-electron chi connectivity index (χ1n) is 22.4. The number of aryl methyl sites for hydroxylation is 2. The second-order valence-electron chi connectivity index (χ2n) is 15.5. The van der Waals surface area contributed by atoms with Crippen LogP contribution in [-0.2, 0) is 19.5 Å². The summed E-state index contributed by atoms with van der Waals surface area (Å²) < 4.78 is 5.29. The van der Waals surface area contributed by atoms with Gasteiger partial charge in [-0.3, -0.25) is 0 Å². The standard InChI is InChI=1S/C45H89N2/c1-4-7-10-13-16-19-22-23-24-25-26-28-31-34-37-40-45-46(41-38-35-32-29-21-18-15-12-9-6-3)43-44-47(45)42-39-36-33-30-27-20-17-14-11-8-5-2/h43-44H,4-42H2,1-3H3/q+1. The highest BCUT2D eigenvalue weighted by molar-refractivity contribution is 4.84. The second-order valence-corrected chi connectivity index (χ2v) is 15.5. The molecular weight excluding hydrogens is 569 g/mol. The van der Waals surface area contributed by atoms with Gasteiger partial charge in [-0.05, 0) is 32.1 Å². The molecule has 1 rings (SSSR count). The second kappa shape index (κ2) is 36.5. The normalized spacial score (nSPS) is 11.6. The van der Waals surface area contributed by atoms with E-state index in [2.05, 4.69) is 42.3 Å². The first kappa shape index (κ1) is 44.2. The predicted molar refractivity (Wildman–Crippen MR) is 212 cm³/mol. The molecule has 2 heteroatoms. The number of unbranched alkanes of at least 4 members (excludes halogenated alkanes) is 33. The molecule has 0 unspecified atom stereocenters. The largest absolute Gasteiger partial charge is 0.256 e. The molecule has 0 aliphatic heterocycles. The van der Waals surface area contributed by atoms with Crippen LogP contribution < -0.4 is 4.57 Å². The smallest absolute Gasteiger partial charge is 0.234 e. The quantitative estimate of drug-likeness (QED) is 0.0492. The number of aromatic nitrogens is 2. The molecule has 278 valence electrons. The zero-order valence-corrected chi connectivity index (χ0v) is 33.1. The third-order valence-corrected chi connectivity index (χ3v) is 10.8. The Balaban J connectivity index is 2.27. The Labute approximate surface area is 298 Å². The summed E-state index contributed by atoms with van der Waals surface area (Å²) in [6.45, 7) is 9.41. The van der Waals surface area contributed by atoms with Gasteiger partial charge in [0, 0.05) is 6.42 Å². The minimum absolute atomic E-state index is 1.23. The fourth-order valence-electron chi connectivity index (χ4n) is 7.56. The van der Waals surface area contributed by atoms with Crippen LogP contribution in [0.4, 0.5) is 0 Å². The number of hydrogen-bond donors (Lipinski definition) is 0. The maximum absolute atomic E-state index is 2.65. The van der Waals surface area contributed by atoms with Gasteiger partial charge in [-0.1, -0.05) is 220 Å². The zero-order chi connectivity index (χ0) is 33.7. The first-order valence-corrected chi connectivity index (χ1v) is 22.4. The average molecular weight is 658 g/mol. The van der Waals surface area contributed by atoms with E-state index in [0.717, 1.165) is 0 Å². The lowest BCUT2D eigenvalue weighted by Gasteiger charge is -2.07. The van der Waals surface area contributed by atoms with Gasteiger partial charge >= 0.3 is 0 Å². The SMILES string of the molecule is CCCCCCCCCCCCCCCCCc1n(CCCCCCCCCCCCC)cc[n+]1CCCCCCCCCCCC. The maximum atomic E-state index is 2.65. The molecule has 47 heavy (non-hydrogen) atoms. The highest BCUT2D eigenvalue weighted by atomic mass is 15.1. The molecule has 0 amide bonds. The van der Waals surface area contributed by atoms with Gasteiger partial charge in [0.2, 0.25) is 0 Å². The van der Waals surface area contributed by atoms with Crippen molar-refractivity contribution in [2.75, 3.05) is 0 Å². The van der Waals surface area contributed by atoms with Crippen LogP contribution in [0, 0.1) is 0 Å². The van der Waals surface area contributed by atoms with Crippen molar-refractivity contribution in [3.8, 4) is 0 Å². The van der Waals surface area contributed by atoms with Crippen molar-refractivity contribution >= 4 is 0 Å². The molecule has 0 spiro atoms. The Hall–Kier alpha value is -0.790. The summed E-state index contributed by atoms with van der Waals surface area (Å²) in [7, 11) is 0. The van der Waals surface area contributed by atoms with Crippen molar-refractivity contribution in [2.45, 2.75) is 271 Å². The Morgan fingerprint density at radius 2 is 0.660 bits per heavy atom. The Kier molecular flexibility index (Phi) is 34.3. The molecule has 0 saturated heterocycles. The lowest BCUT2D eigenvalue weighted by Crippen LogP contribution is -2.37. The van der Waals surface area contributed by atoms with E-state index in [-0.39, 0.29) is 0 Å². The molecule has 1 heterocycles. The molecule has 0 radical (unpaired) electrons. The Morgan fingerprint density at radius 1 is 0.362 bits per heavy atom. The zero-order valence-electron chi connectivity index (χ0n) is 33.1. The number of rotatable bonds is 39. The van der Waals surface area contributed by atoms with Crippen LogP contribution in [0.3, 0.4) is 0 Å². The molecule has 0 aromatic carbocycles. The van der Waals surface area contributed by atoms with Crippen molar-refractivity contribution in [2.24, 2.45) is 0 Å². The van der Waals surface area contributed by atoms with Crippen molar-refractivity contribution in [1.82, 2.24) is 4.57 Å². The van der Waals surface area contributed by atoms with Gasteiger partial charge in [-0.2, -0.15) is 0 Å². The number of nitrogens with zero attached hydrogens (tertiary/aromatic N) is 2. The molecule has 0 aliphatic rings. The summed E-state index contributed by atoms with van der Waals surface area (Å²) in [4.78, 5) is 0. The van der Waals surface area contributed by atoms with E-state index in [9.17, 15) is 0 Å². The van der Waals surface area contributed by atoms with Crippen LogP contribution in [0.25, 0.3) is 0 Å². The highest BCUT2D eigenvalue weighted by Crippen LogP contribution is 2.16. The molecule has 2 nitrogen and oxygen atoms in total. The van der Waals surface area contributed by atoms with E-state index in [4.69, 9.17) is 0 Å². The lowest BCUT2D eigenvalue weighted by molar-refractivity contribution is -0.704. The van der Waals surface area contributed by atoms with Gasteiger partial charge < -0.3 is 0 Å². The van der Waals surface area contributed by atoms with Crippen LogP contribution in [0.5, 0.6) is 0 Å². The summed E-state index contributed by atoms with van der Waals surface area (Å²) >= 11 is 0. The molecular formula is C45H89N2+. The van der Waals surface area contributed by atoms with Crippen LogP contribution in [0.1, 0.15) is 258 Å². The Morgan fingerprint density at radius 3 is 1.02 bits per heavy atom. The van der Waals surface area contributed by atoms with Crippen LogP contribution in [-0.4, -0.2) is 4.57 Å². The van der Waals surface area contributed by atoms with Crippen LogP contribution in [0.2, 0.25) is 0 Å². The third kappa shape index (κ3) is 28.7. The van der Waals surface area contributed by atoms with Gasteiger partial charge in [-0.15, -0.1) is 0 Å². The number of hydrogen-bond acceptors (Lipinski definition) is 0. The monoisotopic (exact) mass is 658 g/mol. The van der Waals surface area contributed by atoms with E-state index in [1.165, 1.54) is 251 Å². The van der Waals surface area contributed by atoms with Gasteiger partial charge in [0.15, 0.2) is 0 Å². The van der Waals surface area contributed by atoms with Gasteiger partial charge in [0.05, 0.1) is 13.1 Å². The molecule has 0 fully saturated rings. The highest BCUT2D eigenvalue weighted by Gasteiger charge is 2.16. The average Bonchev–Trinajstić information content (AvgIpc) is 3.47. The predicted octanol–water partition coefficient (Wildman–Crippen LogP) is 15.4. The Bertz CT molecular complexity index is 722. The van der Waals surface area contributed by atoms with E-state index < -0.39 is 0 Å². The van der Waals surface area contributed by atoms with Crippen molar-refractivity contribution in [3.05, 3.63) is 18.2 Å². The third-order valence-electron chi connectivity index (χ3n) is 10.8. The molecule has 0 N–H and O–H groups in total. The summed E-state index contributed by atoms with van der Waals surface area (Å²) in [5.74, 6) is 1.63. The van der Waals surface area contributed by atoms with Crippen LogP contribution in [0.15, 0.2) is 12.4 Å². The van der Waals surface area contributed by atoms with Crippen LogP contribution >= 0.6 is 0 Å². The molecule has 1 aromatic heterocycles. The topological polar surface area (TPSA) is 8.81 Å². The van der Waals surface area contributed by atoms with Gasteiger partial charge in [-0.25, -0.2) is 9.13 Å². The molecule has 1 aromatic rings. The summed E-state index contributed by atoms with van der Waals surface area (Å²) in [5, 5.41) is 0. The first-order chi connectivity index (χ1) is 23.3. The van der Waals surface area contributed by atoms with Crippen molar-refractivity contribution in [1.29, 1.82) is 0 Å². The summed E-state index contributed by atoms with van der Waals surface area (Å²) in [6, 6.07) is 0. The van der Waals surface area contributed by atoms with E-state index in [1.807, 2.05) is 0 Å². The fraction of sp³-hybridized carbons (Fsp3) is 0.933. The van der Waals surface area contributed by atoms with Gasteiger partial charge in [0.25, 0.3) is 5.82 Å². The molecule has 0 saturated carbocycles. The van der Waals surface area contributed by atoms with Gasteiger partial charge in [0.1, 0.15) is 12.4 Å². The summed E-state index contributed by atoms with van der Waals surface area (Å²) in [6.07, 6.45) is 57.8.